The molecule has 0 aromatic carbocycles. The minimum absolute atomic E-state index is 0.688. The summed E-state index contributed by atoms with van der Waals surface area (Å²) in [4.78, 5) is 68.3. The minimum Gasteiger partial charge on any atom is -0.264 e. The fraction of sp³-hybridized carbons (Fsp3) is 1.00. The van der Waals surface area contributed by atoms with Crippen molar-refractivity contribution in [3.63, 3.8) is 0 Å². The Labute approximate surface area is 201 Å². The molecule has 6 rings (SSSR count). The van der Waals surface area contributed by atoms with Crippen LogP contribution in [0.15, 0.2) is 0 Å². The lowest BCUT2D eigenvalue weighted by Crippen LogP contribution is -3.47. The molecule has 0 aromatic heterocycles. The van der Waals surface area contributed by atoms with Gasteiger partial charge in [0, 0.05) is 19.7 Å². The average Bonchev–Trinajstić information content (AvgIpc) is 2.69. The van der Waals surface area contributed by atoms with E-state index < -0.39 is 98.4 Å². The molecule has 196 valence electrons. The molecule has 0 radical (unpaired) electrons. The molecule has 36 heavy (non-hydrogen) atoms. The predicted molar refractivity (Wildman–Crippen MR) is 116 cm³/mol. The third-order valence-corrected chi connectivity index (χ3v) is 19.5. The van der Waals surface area contributed by atoms with E-state index >= 15 is 0 Å². The van der Waals surface area contributed by atoms with Gasteiger partial charge in [-0.05, 0) is 16.6 Å². The summed E-state index contributed by atoms with van der Waals surface area (Å²) in [6, 6.07) is 0. The van der Waals surface area contributed by atoms with Crippen LogP contribution in [0.3, 0.4) is 0 Å². The van der Waals surface area contributed by atoms with Crippen LogP contribution in [-0.2, 0) is 0 Å². The largest absolute Gasteiger partial charge is 0.445 e. The molecule has 0 aliphatic heterocycles. The third-order valence-electron chi connectivity index (χ3n) is 11.4. The number of hydrogen-bond donors (Lipinski definition) is 0. The van der Waals surface area contributed by atoms with Gasteiger partial charge in [0.1, 0.15) is 0 Å². The van der Waals surface area contributed by atoms with Crippen LogP contribution in [0.5, 0.6) is 0 Å². The Balaban J connectivity index is 2.11. The first-order valence-corrected chi connectivity index (χ1v) is 13.5. The van der Waals surface area contributed by atoms with E-state index in [0.717, 1.165) is 0 Å². The molecule has 0 heterocycles. The zero-order chi connectivity index (χ0) is 27.8. The molecule has 0 amide bonds. The maximum atomic E-state index is 13.0. The van der Waals surface area contributed by atoms with Crippen LogP contribution >= 0.6 is 0 Å². The summed E-state index contributed by atoms with van der Waals surface area (Å²) < 4.78 is 0. The average molecular weight is 530 g/mol. The van der Waals surface area contributed by atoms with Gasteiger partial charge < -0.3 is 0 Å². The van der Waals surface area contributed by atoms with Crippen molar-refractivity contribution >= 4 is 8.07 Å². The molecule has 18 nitrogen and oxygen atoms in total. The van der Waals surface area contributed by atoms with Crippen LogP contribution in [0, 0.1) is 66.6 Å². The van der Waals surface area contributed by atoms with Gasteiger partial charge in [0.15, 0.2) is 0 Å². The van der Waals surface area contributed by atoms with Gasteiger partial charge in [-0.25, -0.2) is 0 Å². The molecular weight excluding hydrogens is 508 g/mol. The Bertz CT molecular complexity index is 1210. The SMILES string of the molecule is CC(C)[Si](C(C)C)(C(C)C)C12C3([N+](=O)[O-])C4C5([N+](=O)[O-])C3([N+](=O)[O-])C1([N+](=O)[O-])C5([N+](=O)[O-])C42[N+](=O)[O-]. The van der Waals surface area contributed by atoms with Crippen LogP contribution in [0.2, 0.25) is 21.7 Å². The standard InChI is InChI=1S/C17H22N6O12Si/c1-7(2)36(8(3)4,9(5)6)17-12(19(26)27)10-11(18(24)25)14(12,21(30)31)16(17,23(34)35)15(11,22(32)33)13(10,17)20(28)29/h7-10H,1-6H3. The molecule has 19 heteroatoms. The normalized spacial score (nSPS) is 48.1. The molecule has 6 fully saturated rings. The Morgan fingerprint density at radius 2 is 0.778 bits per heavy atom. The van der Waals surface area contributed by atoms with E-state index in [1.165, 1.54) is 0 Å². The van der Waals surface area contributed by atoms with Gasteiger partial charge in [-0.15, -0.1) is 0 Å². The van der Waals surface area contributed by atoms with Crippen LogP contribution in [0.25, 0.3) is 0 Å². The van der Waals surface area contributed by atoms with Crippen LogP contribution < -0.4 is 0 Å². The number of rotatable bonds is 10. The van der Waals surface area contributed by atoms with Gasteiger partial charge in [-0.1, -0.05) is 41.5 Å². The van der Waals surface area contributed by atoms with Crippen LogP contribution in [0.4, 0.5) is 0 Å². The summed E-state index contributed by atoms with van der Waals surface area (Å²) in [5, 5.41) is 73.7. The molecule has 4 atom stereocenters. The summed E-state index contributed by atoms with van der Waals surface area (Å²) in [7, 11) is -3.97. The van der Waals surface area contributed by atoms with Crippen LogP contribution in [0.1, 0.15) is 41.5 Å². The second-order valence-corrected chi connectivity index (χ2v) is 17.6. The molecule has 0 N–H and O–H groups in total. The van der Waals surface area contributed by atoms with Gasteiger partial charge >= 0.3 is 33.2 Å². The summed E-state index contributed by atoms with van der Waals surface area (Å²) in [6.07, 6.45) is 0. The first kappa shape index (κ1) is 24.3. The lowest BCUT2D eigenvalue weighted by Gasteiger charge is -3.02. The molecule has 0 bridgehead atoms. The van der Waals surface area contributed by atoms with Crippen molar-refractivity contribution in [2.75, 3.05) is 0 Å². The van der Waals surface area contributed by atoms with Crippen molar-refractivity contribution < 1.29 is 29.5 Å². The van der Waals surface area contributed by atoms with Crippen molar-refractivity contribution in [2.24, 2.45) is 5.92 Å². The molecule has 0 aromatic rings. The fourth-order valence-corrected chi connectivity index (χ4v) is 22.3. The minimum atomic E-state index is -3.97. The molecule has 0 spiro atoms. The molecule has 6 aliphatic carbocycles. The highest BCUT2D eigenvalue weighted by Crippen LogP contribution is 3.20. The van der Waals surface area contributed by atoms with Crippen LogP contribution in [-0.4, -0.2) is 70.8 Å². The second-order valence-electron chi connectivity index (χ2n) is 11.6. The van der Waals surface area contributed by atoms with Crippen molar-refractivity contribution in [1.82, 2.24) is 0 Å². The van der Waals surface area contributed by atoms with Crippen molar-refractivity contribution in [3.05, 3.63) is 60.7 Å². The van der Waals surface area contributed by atoms with E-state index in [2.05, 4.69) is 0 Å². The zero-order valence-electron chi connectivity index (χ0n) is 19.9. The monoisotopic (exact) mass is 530 g/mol. The van der Waals surface area contributed by atoms with E-state index in [9.17, 15) is 60.7 Å². The molecular formula is C17H22N6O12Si. The highest BCUT2D eigenvalue weighted by molar-refractivity contribution is 6.88. The smallest absolute Gasteiger partial charge is 0.264 e. The lowest BCUT2D eigenvalue weighted by molar-refractivity contribution is -1.09. The van der Waals surface area contributed by atoms with E-state index in [1.54, 1.807) is 41.5 Å². The molecule has 6 aliphatic rings. The van der Waals surface area contributed by atoms with Crippen molar-refractivity contribution in [3.8, 4) is 0 Å². The predicted octanol–water partition coefficient (Wildman–Crippen LogP) is 1.18. The first-order valence-electron chi connectivity index (χ1n) is 11.2. The summed E-state index contributed by atoms with van der Waals surface area (Å²) in [5.41, 5.74) is -22.2. The Kier molecular flexibility index (Phi) is 3.60. The zero-order valence-corrected chi connectivity index (χ0v) is 20.9. The van der Waals surface area contributed by atoms with Gasteiger partial charge in [0.05, 0.1) is 17.9 Å². The molecule has 4 unspecified atom stereocenters. The number of nitro groups is 6. The van der Waals surface area contributed by atoms with E-state index in [0.29, 0.717) is 0 Å². The number of nitrogens with zero attached hydrogens (tertiary/aromatic N) is 6. The fourth-order valence-electron chi connectivity index (χ4n) is 12.5. The van der Waals surface area contributed by atoms with Gasteiger partial charge in [0.2, 0.25) is 11.0 Å². The highest BCUT2D eigenvalue weighted by atomic mass is 28.3. The summed E-state index contributed by atoms with van der Waals surface area (Å²) in [5.74, 6) is -2.32. The van der Waals surface area contributed by atoms with Gasteiger partial charge in [0.25, 0.3) is 0 Å². The maximum Gasteiger partial charge on any atom is 0.445 e. The van der Waals surface area contributed by atoms with E-state index in [1.807, 2.05) is 0 Å². The molecule has 0 saturated heterocycles. The first-order chi connectivity index (χ1) is 16.4. The summed E-state index contributed by atoms with van der Waals surface area (Å²) >= 11 is 0. The number of hydrogen-bond acceptors (Lipinski definition) is 12. The quantitative estimate of drug-likeness (QED) is 0.219. The topological polar surface area (TPSA) is 259 Å². The van der Waals surface area contributed by atoms with Gasteiger partial charge in [-0.2, -0.15) is 0 Å². The highest BCUT2D eigenvalue weighted by Gasteiger charge is 3.65. The van der Waals surface area contributed by atoms with Gasteiger partial charge in [-0.3, -0.25) is 60.7 Å². The Morgan fingerprint density at radius 3 is 0.972 bits per heavy atom. The lowest BCUT2D eigenvalue weighted by atomic mass is 8.85. The summed E-state index contributed by atoms with van der Waals surface area (Å²) in [6.45, 7) is 9.36. The van der Waals surface area contributed by atoms with Crippen molar-refractivity contribution in [1.29, 1.82) is 0 Å². The van der Waals surface area contributed by atoms with E-state index in [-0.39, 0.29) is 0 Å². The molecule has 6 saturated carbocycles. The maximum absolute atomic E-state index is 13.0. The van der Waals surface area contributed by atoms with Crippen molar-refractivity contribution in [2.45, 2.75) is 96.4 Å². The second kappa shape index (κ2) is 5.32. The van der Waals surface area contributed by atoms with E-state index in [4.69, 9.17) is 0 Å². The Morgan fingerprint density at radius 1 is 0.500 bits per heavy atom. The Hall–Kier alpha value is -3.38. The third kappa shape index (κ3) is 1.07.